The third-order valence-corrected chi connectivity index (χ3v) is 5.27. The van der Waals surface area contributed by atoms with Crippen LogP contribution >= 0.6 is 11.3 Å². The van der Waals surface area contributed by atoms with Gasteiger partial charge in [0.1, 0.15) is 11.4 Å². The molecule has 2 aromatic carbocycles. The van der Waals surface area contributed by atoms with E-state index in [1.807, 2.05) is 73.1 Å². The lowest BCUT2D eigenvalue weighted by molar-refractivity contribution is 0.103. The number of nitrogens with zero attached hydrogens (tertiary/aromatic N) is 3. The summed E-state index contributed by atoms with van der Waals surface area (Å²) in [7, 11) is 1.64. The average molecular weight is 390 g/mol. The maximum Gasteiger partial charge on any atom is 0.265 e. The zero-order chi connectivity index (χ0) is 19.5. The molecule has 0 radical (unpaired) electrons. The molecule has 1 N–H and O–H groups in total. The quantitative estimate of drug-likeness (QED) is 0.542. The molecule has 4 rings (SSSR count). The number of aromatic nitrogens is 3. The lowest BCUT2D eigenvalue weighted by atomic mass is 10.1. The van der Waals surface area contributed by atoms with Crippen molar-refractivity contribution in [2.75, 3.05) is 12.4 Å². The fourth-order valence-electron chi connectivity index (χ4n) is 2.72. The van der Waals surface area contributed by atoms with Gasteiger partial charge in [0.25, 0.3) is 5.91 Å². The van der Waals surface area contributed by atoms with Crippen LogP contribution in [0, 0.1) is 6.92 Å². The predicted octanol–water partition coefficient (Wildman–Crippen LogP) is 4.57. The number of aryl methyl sites for hydroxylation is 1. The van der Waals surface area contributed by atoms with Gasteiger partial charge in [-0.15, -0.1) is 16.4 Å². The van der Waals surface area contributed by atoms with Crippen LogP contribution in [0.3, 0.4) is 0 Å². The fraction of sp³-hybridized carbons (Fsp3) is 0.0952. The van der Waals surface area contributed by atoms with Crippen LogP contribution in [0.5, 0.6) is 5.75 Å². The molecule has 2 aromatic heterocycles. The van der Waals surface area contributed by atoms with Crippen molar-refractivity contribution in [3.63, 3.8) is 0 Å². The molecule has 7 heteroatoms. The van der Waals surface area contributed by atoms with E-state index in [9.17, 15) is 4.79 Å². The molecule has 28 heavy (non-hydrogen) atoms. The lowest BCUT2D eigenvalue weighted by Gasteiger charge is -2.04. The molecule has 2 heterocycles. The van der Waals surface area contributed by atoms with E-state index in [4.69, 9.17) is 4.74 Å². The Morgan fingerprint density at radius 2 is 1.86 bits per heavy atom. The molecular weight excluding hydrogens is 372 g/mol. The van der Waals surface area contributed by atoms with Gasteiger partial charge < -0.3 is 10.1 Å². The van der Waals surface area contributed by atoms with Crippen molar-refractivity contribution < 1.29 is 9.53 Å². The van der Waals surface area contributed by atoms with E-state index < -0.39 is 0 Å². The van der Waals surface area contributed by atoms with Gasteiger partial charge in [0.15, 0.2) is 0 Å². The van der Waals surface area contributed by atoms with Crippen LogP contribution in [0.1, 0.15) is 15.2 Å². The van der Waals surface area contributed by atoms with Crippen molar-refractivity contribution in [3.05, 3.63) is 76.6 Å². The van der Waals surface area contributed by atoms with Crippen molar-refractivity contribution in [3.8, 4) is 22.7 Å². The molecule has 6 nitrogen and oxygen atoms in total. The number of benzene rings is 2. The molecule has 140 valence electrons. The molecule has 4 aromatic rings. The summed E-state index contributed by atoms with van der Waals surface area (Å²) >= 11 is 1.44. The van der Waals surface area contributed by atoms with E-state index in [-0.39, 0.29) is 5.91 Å². The van der Waals surface area contributed by atoms with Crippen LogP contribution in [0.4, 0.5) is 5.69 Å². The third kappa shape index (κ3) is 3.79. The minimum Gasteiger partial charge on any atom is -0.497 e. The van der Waals surface area contributed by atoms with Crippen LogP contribution in [0.2, 0.25) is 0 Å². The van der Waals surface area contributed by atoms with Crippen LogP contribution < -0.4 is 10.1 Å². The van der Waals surface area contributed by atoms with Crippen LogP contribution in [0.25, 0.3) is 16.9 Å². The van der Waals surface area contributed by atoms with Gasteiger partial charge in [0.05, 0.1) is 23.9 Å². The predicted molar refractivity (Wildman–Crippen MR) is 110 cm³/mol. The van der Waals surface area contributed by atoms with Gasteiger partial charge in [-0.2, -0.15) is 0 Å². The Morgan fingerprint density at radius 1 is 1.11 bits per heavy atom. The first-order valence-corrected chi connectivity index (χ1v) is 9.54. The molecule has 0 aliphatic carbocycles. The van der Waals surface area contributed by atoms with Gasteiger partial charge in [-0.25, -0.2) is 4.68 Å². The lowest BCUT2D eigenvalue weighted by Crippen LogP contribution is -2.09. The van der Waals surface area contributed by atoms with E-state index in [1.54, 1.807) is 11.8 Å². The summed E-state index contributed by atoms with van der Waals surface area (Å²) in [5, 5.41) is 13.3. The topological polar surface area (TPSA) is 69.0 Å². The standard InChI is InChI=1S/C21H18N4O2S/c1-14-11-20(28-13-14)21(26)22-16-5-3-15(4-6-16)19-12-25(24-23-19)17-7-9-18(27-2)10-8-17/h3-13H,1-2H3,(H,22,26). The molecule has 0 aliphatic heterocycles. The molecule has 0 saturated carbocycles. The summed E-state index contributed by atoms with van der Waals surface area (Å²) in [6.07, 6.45) is 1.86. The number of methoxy groups -OCH3 is 1. The van der Waals surface area contributed by atoms with Crippen LogP contribution in [-0.2, 0) is 0 Å². The Kier molecular flexibility index (Phi) is 4.90. The number of ether oxygens (including phenoxy) is 1. The second-order valence-electron chi connectivity index (χ2n) is 6.27. The molecule has 0 spiro atoms. The van der Waals surface area contributed by atoms with E-state index in [0.717, 1.165) is 33.9 Å². The number of rotatable bonds is 5. The summed E-state index contributed by atoms with van der Waals surface area (Å²) < 4.78 is 6.88. The Balaban J connectivity index is 1.48. The smallest absolute Gasteiger partial charge is 0.265 e. The summed E-state index contributed by atoms with van der Waals surface area (Å²) in [5.41, 5.74) is 4.40. The minimum atomic E-state index is -0.101. The monoisotopic (exact) mass is 390 g/mol. The van der Waals surface area contributed by atoms with Crippen molar-refractivity contribution >= 4 is 22.9 Å². The second-order valence-corrected chi connectivity index (χ2v) is 7.18. The van der Waals surface area contributed by atoms with Crippen molar-refractivity contribution in [2.24, 2.45) is 0 Å². The van der Waals surface area contributed by atoms with Crippen molar-refractivity contribution in [1.29, 1.82) is 0 Å². The number of hydrogen-bond donors (Lipinski definition) is 1. The molecule has 0 fully saturated rings. The van der Waals surface area contributed by atoms with E-state index in [1.165, 1.54) is 11.3 Å². The van der Waals surface area contributed by atoms with Gasteiger partial charge in [0.2, 0.25) is 0 Å². The number of hydrogen-bond acceptors (Lipinski definition) is 5. The Labute approximate surface area is 166 Å². The molecule has 0 bridgehead atoms. The summed E-state index contributed by atoms with van der Waals surface area (Å²) in [4.78, 5) is 13.0. The van der Waals surface area contributed by atoms with Gasteiger partial charge in [-0.05, 0) is 60.3 Å². The van der Waals surface area contributed by atoms with Crippen LogP contribution in [-0.4, -0.2) is 28.0 Å². The van der Waals surface area contributed by atoms with Gasteiger partial charge in [-0.3, -0.25) is 4.79 Å². The first-order chi connectivity index (χ1) is 13.6. The normalized spacial score (nSPS) is 10.6. The van der Waals surface area contributed by atoms with Crippen molar-refractivity contribution in [1.82, 2.24) is 15.0 Å². The molecule has 0 unspecified atom stereocenters. The molecule has 0 saturated heterocycles. The highest BCUT2D eigenvalue weighted by Gasteiger charge is 2.10. The number of nitrogens with one attached hydrogen (secondary N) is 1. The zero-order valence-corrected chi connectivity index (χ0v) is 16.2. The van der Waals surface area contributed by atoms with Gasteiger partial charge in [-0.1, -0.05) is 17.3 Å². The second kappa shape index (κ2) is 7.66. The third-order valence-electron chi connectivity index (χ3n) is 4.22. The highest BCUT2D eigenvalue weighted by atomic mass is 32.1. The van der Waals surface area contributed by atoms with Crippen LogP contribution in [0.15, 0.2) is 66.2 Å². The summed E-state index contributed by atoms with van der Waals surface area (Å²) in [6.45, 7) is 1.97. The highest BCUT2D eigenvalue weighted by Crippen LogP contribution is 2.22. The fourth-order valence-corrected chi connectivity index (χ4v) is 3.52. The van der Waals surface area contributed by atoms with E-state index >= 15 is 0 Å². The Bertz CT molecular complexity index is 1100. The maximum atomic E-state index is 12.3. The minimum absolute atomic E-state index is 0.101. The zero-order valence-electron chi connectivity index (χ0n) is 15.4. The molecule has 0 aliphatic rings. The molecule has 1 amide bonds. The molecule has 0 atom stereocenters. The highest BCUT2D eigenvalue weighted by molar-refractivity contribution is 7.12. The van der Waals surface area contributed by atoms with Crippen molar-refractivity contribution in [2.45, 2.75) is 6.92 Å². The first kappa shape index (κ1) is 17.9. The van der Waals surface area contributed by atoms with E-state index in [0.29, 0.717) is 4.88 Å². The first-order valence-electron chi connectivity index (χ1n) is 8.66. The largest absolute Gasteiger partial charge is 0.497 e. The Hall–Kier alpha value is -3.45. The number of carbonyl (C=O) groups is 1. The number of amides is 1. The summed E-state index contributed by atoms with van der Waals surface area (Å²) in [5.74, 6) is 0.690. The molecular formula is C21H18N4O2S. The van der Waals surface area contributed by atoms with Gasteiger partial charge in [0, 0.05) is 11.3 Å². The Morgan fingerprint density at radius 3 is 2.50 bits per heavy atom. The summed E-state index contributed by atoms with van der Waals surface area (Å²) in [6, 6.07) is 17.0. The number of thiophene rings is 1. The number of anilines is 1. The van der Waals surface area contributed by atoms with Gasteiger partial charge >= 0.3 is 0 Å². The van der Waals surface area contributed by atoms with E-state index in [2.05, 4.69) is 15.6 Å². The average Bonchev–Trinajstić information content (AvgIpc) is 3.38. The maximum absolute atomic E-state index is 12.3. The number of carbonyl (C=O) groups excluding carboxylic acids is 1. The SMILES string of the molecule is COc1ccc(-n2cc(-c3ccc(NC(=O)c4cc(C)cs4)cc3)nn2)cc1.